The Balaban J connectivity index is 2.18. The highest BCUT2D eigenvalue weighted by atomic mass is 35.5. The molecule has 0 radical (unpaired) electrons. The van der Waals surface area contributed by atoms with E-state index in [4.69, 9.17) is 16.3 Å². The largest absolute Gasteiger partial charge is 0.458 e. The van der Waals surface area contributed by atoms with Gasteiger partial charge in [0.1, 0.15) is 0 Å². The van der Waals surface area contributed by atoms with Gasteiger partial charge in [-0.2, -0.15) is 0 Å². The fraction of sp³-hybridized carbons (Fsp3) is 0.400. The molecule has 1 aromatic carbocycles. The average molecular weight is 340 g/mol. The second-order valence-corrected chi connectivity index (χ2v) is 5.68. The fourth-order valence-electron chi connectivity index (χ4n) is 2.02. The van der Waals surface area contributed by atoms with E-state index in [9.17, 15) is 15.0 Å². The topological polar surface area (TPSA) is 97.5 Å². The first-order chi connectivity index (χ1) is 10.9. The Bertz CT molecular complexity index is 670. The van der Waals surface area contributed by atoms with E-state index in [-0.39, 0.29) is 24.0 Å². The van der Waals surface area contributed by atoms with Gasteiger partial charge in [-0.1, -0.05) is 28.9 Å². The molecule has 0 aliphatic rings. The van der Waals surface area contributed by atoms with Gasteiger partial charge in [-0.3, -0.25) is 0 Å². The van der Waals surface area contributed by atoms with Gasteiger partial charge in [0, 0.05) is 5.02 Å². The van der Waals surface area contributed by atoms with Crippen LogP contribution in [0.2, 0.25) is 5.02 Å². The number of hydrogen-bond donors (Lipinski definition) is 2. The third kappa shape index (κ3) is 4.28. The number of aliphatic hydroxyl groups is 2. The molecule has 0 amide bonds. The van der Waals surface area contributed by atoms with Crippen LogP contribution in [0.1, 0.15) is 41.7 Å². The van der Waals surface area contributed by atoms with Gasteiger partial charge in [0.15, 0.2) is 5.69 Å². The molecule has 1 unspecified atom stereocenters. The molecule has 2 N–H and O–H groups in total. The quantitative estimate of drug-likeness (QED) is 0.778. The number of carbonyl (C=O) groups excluding carboxylic acids is 1. The van der Waals surface area contributed by atoms with Crippen LogP contribution < -0.4 is 0 Å². The van der Waals surface area contributed by atoms with Crippen molar-refractivity contribution < 1.29 is 19.7 Å². The Morgan fingerprint density at radius 2 is 2.00 bits per heavy atom. The summed E-state index contributed by atoms with van der Waals surface area (Å²) in [6, 6.07) is 6.71. The van der Waals surface area contributed by atoms with Crippen LogP contribution in [0.4, 0.5) is 0 Å². The van der Waals surface area contributed by atoms with Gasteiger partial charge in [-0.25, -0.2) is 9.48 Å². The van der Waals surface area contributed by atoms with Crippen molar-refractivity contribution in [2.24, 2.45) is 0 Å². The molecule has 2 rings (SSSR count). The van der Waals surface area contributed by atoms with Gasteiger partial charge in [-0.15, -0.1) is 5.10 Å². The van der Waals surface area contributed by atoms with E-state index >= 15 is 0 Å². The number of benzene rings is 1. The average Bonchev–Trinajstić information content (AvgIpc) is 2.89. The van der Waals surface area contributed by atoms with Gasteiger partial charge in [0.05, 0.1) is 31.1 Å². The van der Waals surface area contributed by atoms with E-state index in [1.165, 1.54) is 4.68 Å². The molecular weight excluding hydrogens is 322 g/mol. The van der Waals surface area contributed by atoms with E-state index in [0.29, 0.717) is 10.6 Å². The van der Waals surface area contributed by atoms with Crippen LogP contribution in [0.25, 0.3) is 0 Å². The van der Waals surface area contributed by atoms with E-state index in [0.717, 1.165) is 0 Å². The zero-order valence-corrected chi connectivity index (χ0v) is 13.6. The summed E-state index contributed by atoms with van der Waals surface area (Å²) in [5.41, 5.74) is 0.785. The minimum Gasteiger partial charge on any atom is -0.458 e. The predicted molar refractivity (Wildman–Crippen MR) is 82.9 cm³/mol. The van der Waals surface area contributed by atoms with Crippen molar-refractivity contribution in [1.82, 2.24) is 15.0 Å². The summed E-state index contributed by atoms with van der Waals surface area (Å²) in [6.07, 6.45) is -1.19. The van der Waals surface area contributed by atoms with Crippen molar-refractivity contribution in [2.45, 2.75) is 39.2 Å². The van der Waals surface area contributed by atoms with Gasteiger partial charge in [0.2, 0.25) is 0 Å². The Kier molecular flexibility index (Phi) is 5.70. The van der Waals surface area contributed by atoms with E-state index < -0.39 is 18.7 Å². The molecule has 0 fully saturated rings. The molecule has 0 aliphatic carbocycles. The lowest BCUT2D eigenvalue weighted by Crippen LogP contribution is -2.16. The number of ether oxygens (including phenoxy) is 1. The van der Waals surface area contributed by atoms with Gasteiger partial charge < -0.3 is 14.9 Å². The first kappa shape index (κ1) is 17.4. The summed E-state index contributed by atoms with van der Waals surface area (Å²) in [6.45, 7) is 3.03. The molecule has 0 aliphatic heterocycles. The molecule has 8 heteroatoms. The summed E-state index contributed by atoms with van der Waals surface area (Å²) in [7, 11) is 0. The van der Waals surface area contributed by atoms with Crippen LogP contribution in [0, 0.1) is 0 Å². The lowest BCUT2D eigenvalue weighted by atomic mass is 10.1. The van der Waals surface area contributed by atoms with Crippen molar-refractivity contribution in [3.05, 3.63) is 46.2 Å². The summed E-state index contributed by atoms with van der Waals surface area (Å²) in [5, 5.41) is 27.9. The number of rotatable bonds is 6. The van der Waals surface area contributed by atoms with E-state index in [2.05, 4.69) is 10.3 Å². The normalized spacial score (nSPS) is 12.4. The number of aromatic nitrogens is 3. The Hall–Kier alpha value is -1.96. The second-order valence-electron chi connectivity index (χ2n) is 5.25. The van der Waals surface area contributed by atoms with Gasteiger partial charge >= 0.3 is 5.97 Å². The number of hydrogen-bond acceptors (Lipinski definition) is 6. The first-order valence-electron chi connectivity index (χ1n) is 7.10. The summed E-state index contributed by atoms with van der Waals surface area (Å²) < 4.78 is 6.34. The molecule has 0 spiro atoms. The smallest absolute Gasteiger partial charge is 0.361 e. The second kappa shape index (κ2) is 7.54. The number of halogens is 1. The predicted octanol–water partition coefficient (Wildman–Crippen LogP) is 1.72. The van der Waals surface area contributed by atoms with Crippen LogP contribution in [-0.2, 0) is 17.9 Å². The maximum Gasteiger partial charge on any atom is 0.361 e. The number of nitrogens with zero attached hydrogens (tertiary/aromatic N) is 3. The van der Waals surface area contributed by atoms with Crippen molar-refractivity contribution in [1.29, 1.82) is 0 Å². The number of carbonyl (C=O) groups is 1. The Morgan fingerprint density at radius 1 is 1.35 bits per heavy atom. The van der Waals surface area contributed by atoms with Crippen molar-refractivity contribution >= 4 is 17.6 Å². The highest BCUT2D eigenvalue weighted by molar-refractivity contribution is 6.30. The van der Waals surface area contributed by atoms with Crippen LogP contribution in [0.5, 0.6) is 0 Å². The lowest BCUT2D eigenvalue weighted by molar-refractivity contribution is 0.0366. The molecule has 0 saturated heterocycles. The molecule has 0 saturated carbocycles. The Labute approximate surface area is 138 Å². The van der Waals surface area contributed by atoms with Gasteiger partial charge in [-0.05, 0) is 31.5 Å². The lowest BCUT2D eigenvalue weighted by Gasteiger charge is -2.13. The van der Waals surface area contributed by atoms with Crippen molar-refractivity contribution in [2.75, 3.05) is 0 Å². The van der Waals surface area contributed by atoms with Gasteiger partial charge in [0.25, 0.3) is 0 Å². The molecule has 0 bridgehead atoms. The molecule has 1 atom stereocenters. The standard InChI is InChI=1S/C15H18ClN3O4/c1-9(2)23-15(22)14-12(8-20)19(18-17-14)7-13(21)10-3-5-11(16)6-4-10/h3-6,9,13,20-21H,7-8H2,1-2H3. The number of esters is 1. The van der Waals surface area contributed by atoms with Crippen LogP contribution >= 0.6 is 11.6 Å². The van der Waals surface area contributed by atoms with Crippen LogP contribution in [-0.4, -0.2) is 37.3 Å². The van der Waals surface area contributed by atoms with E-state index in [1.54, 1.807) is 38.1 Å². The molecular formula is C15H18ClN3O4. The molecule has 1 heterocycles. The third-order valence-electron chi connectivity index (χ3n) is 3.12. The molecule has 2 aromatic rings. The molecule has 1 aromatic heterocycles. The molecule has 124 valence electrons. The summed E-state index contributed by atoms with van der Waals surface area (Å²) in [4.78, 5) is 11.9. The summed E-state index contributed by atoms with van der Waals surface area (Å²) in [5.74, 6) is -0.656. The fourth-order valence-corrected chi connectivity index (χ4v) is 2.14. The minimum absolute atomic E-state index is 0.0412. The minimum atomic E-state index is -0.881. The van der Waals surface area contributed by atoms with Crippen LogP contribution in [0.15, 0.2) is 24.3 Å². The highest BCUT2D eigenvalue weighted by Gasteiger charge is 2.22. The Morgan fingerprint density at radius 3 is 2.57 bits per heavy atom. The highest BCUT2D eigenvalue weighted by Crippen LogP contribution is 2.19. The maximum atomic E-state index is 11.9. The van der Waals surface area contributed by atoms with Crippen LogP contribution in [0.3, 0.4) is 0 Å². The first-order valence-corrected chi connectivity index (χ1v) is 7.48. The summed E-state index contributed by atoms with van der Waals surface area (Å²) >= 11 is 5.81. The zero-order chi connectivity index (χ0) is 17.0. The monoisotopic (exact) mass is 339 g/mol. The van der Waals surface area contributed by atoms with E-state index in [1.807, 2.05) is 0 Å². The number of aliphatic hydroxyl groups excluding tert-OH is 2. The van der Waals surface area contributed by atoms with Crippen molar-refractivity contribution in [3.63, 3.8) is 0 Å². The molecule has 23 heavy (non-hydrogen) atoms. The third-order valence-corrected chi connectivity index (χ3v) is 3.38. The zero-order valence-electron chi connectivity index (χ0n) is 12.8. The SMILES string of the molecule is CC(C)OC(=O)c1nnn(CC(O)c2ccc(Cl)cc2)c1CO. The van der Waals surface area contributed by atoms with Crippen molar-refractivity contribution in [3.8, 4) is 0 Å². The molecule has 7 nitrogen and oxygen atoms in total. The maximum absolute atomic E-state index is 11.9.